The number of amides is 1. The lowest BCUT2D eigenvalue weighted by atomic mass is 9.95. The molecule has 2 saturated heterocycles. The lowest BCUT2D eigenvalue weighted by Crippen LogP contribution is -2.41. The fourth-order valence-electron chi connectivity index (χ4n) is 3.99. The van der Waals surface area contributed by atoms with Gasteiger partial charge in [0.2, 0.25) is 5.91 Å². The second kappa shape index (κ2) is 9.75. The Balaban J connectivity index is 1.34. The van der Waals surface area contributed by atoms with Crippen LogP contribution in [0, 0.1) is 5.92 Å². The third kappa shape index (κ3) is 4.81. The molecule has 0 unspecified atom stereocenters. The van der Waals surface area contributed by atoms with Crippen LogP contribution in [0.15, 0.2) is 36.8 Å². The van der Waals surface area contributed by atoms with Crippen molar-refractivity contribution in [3.63, 3.8) is 0 Å². The van der Waals surface area contributed by atoms with Crippen LogP contribution in [0.3, 0.4) is 0 Å². The van der Waals surface area contributed by atoms with Crippen LogP contribution in [0.2, 0.25) is 0 Å². The summed E-state index contributed by atoms with van der Waals surface area (Å²) in [6, 6.07) is 7.52. The molecule has 2 aliphatic rings. The Bertz CT molecular complexity index is 831. The van der Waals surface area contributed by atoms with E-state index in [0.29, 0.717) is 6.61 Å². The number of piperidine rings is 1. The first-order chi connectivity index (χ1) is 14.7. The number of hydrogen-bond acceptors (Lipinski definition) is 7. The second-order valence-electron chi connectivity index (χ2n) is 7.54. The molecule has 3 heterocycles. The van der Waals surface area contributed by atoms with Crippen LogP contribution in [-0.2, 0) is 9.53 Å². The minimum absolute atomic E-state index is 0.00397. The molecule has 0 saturated carbocycles. The molecule has 2 aromatic rings. The topological polar surface area (TPSA) is 79.8 Å². The van der Waals surface area contributed by atoms with Crippen molar-refractivity contribution in [1.82, 2.24) is 9.97 Å². The molecule has 1 amide bonds. The maximum Gasteiger partial charge on any atom is 0.227 e. The summed E-state index contributed by atoms with van der Waals surface area (Å²) >= 11 is 0. The molecule has 1 aromatic carbocycles. The van der Waals surface area contributed by atoms with Crippen LogP contribution >= 0.6 is 0 Å². The summed E-state index contributed by atoms with van der Waals surface area (Å²) in [6.45, 7) is 7.32. The Morgan fingerprint density at radius 2 is 1.87 bits per heavy atom. The number of rotatable bonds is 6. The lowest BCUT2D eigenvalue weighted by Gasteiger charge is -2.36. The molecule has 8 heteroatoms. The maximum atomic E-state index is 12.7. The van der Waals surface area contributed by atoms with E-state index in [1.807, 2.05) is 37.4 Å². The van der Waals surface area contributed by atoms with Gasteiger partial charge in [-0.15, -0.1) is 0 Å². The summed E-state index contributed by atoms with van der Waals surface area (Å²) in [7, 11) is 0. The van der Waals surface area contributed by atoms with Crippen molar-refractivity contribution in [2.45, 2.75) is 19.8 Å². The number of hydrogen-bond donors (Lipinski definition) is 1. The monoisotopic (exact) mass is 411 g/mol. The van der Waals surface area contributed by atoms with E-state index in [9.17, 15) is 4.79 Å². The molecule has 0 aliphatic carbocycles. The van der Waals surface area contributed by atoms with Gasteiger partial charge in [-0.25, -0.2) is 9.97 Å². The van der Waals surface area contributed by atoms with Crippen molar-refractivity contribution in [2.75, 3.05) is 61.1 Å². The van der Waals surface area contributed by atoms with Crippen molar-refractivity contribution in [3.8, 4) is 5.75 Å². The third-order valence-electron chi connectivity index (χ3n) is 5.62. The Labute approximate surface area is 177 Å². The molecule has 0 spiro atoms. The second-order valence-corrected chi connectivity index (χ2v) is 7.54. The molecular formula is C22H29N5O3. The zero-order valence-electron chi connectivity index (χ0n) is 17.4. The van der Waals surface area contributed by atoms with E-state index in [0.717, 1.165) is 75.2 Å². The molecule has 0 bridgehead atoms. The molecule has 160 valence electrons. The predicted octanol–water partition coefficient (Wildman–Crippen LogP) is 2.57. The number of aromatic nitrogens is 2. The standard InChI is InChI=1S/C22H29N5O3/c1-2-30-19-5-3-18(4-6-19)25-22(28)17-7-9-26(10-8-17)20-15-23-16-24-21(20)27-11-13-29-14-12-27/h3-6,15-17H,2,7-14H2,1H3,(H,25,28). The van der Waals surface area contributed by atoms with E-state index in [4.69, 9.17) is 9.47 Å². The van der Waals surface area contributed by atoms with Gasteiger partial charge in [0.25, 0.3) is 0 Å². The van der Waals surface area contributed by atoms with Gasteiger partial charge in [-0.2, -0.15) is 0 Å². The van der Waals surface area contributed by atoms with Gasteiger partial charge >= 0.3 is 0 Å². The number of nitrogens with one attached hydrogen (secondary N) is 1. The molecule has 2 aliphatic heterocycles. The largest absolute Gasteiger partial charge is 0.494 e. The Hall–Kier alpha value is -2.87. The lowest BCUT2D eigenvalue weighted by molar-refractivity contribution is -0.120. The number of benzene rings is 1. The average molecular weight is 412 g/mol. The minimum Gasteiger partial charge on any atom is -0.494 e. The van der Waals surface area contributed by atoms with Gasteiger partial charge in [0, 0.05) is 37.8 Å². The predicted molar refractivity (Wildman–Crippen MR) is 116 cm³/mol. The zero-order chi connectivity index (χ0) is 20.8. The molecule has 4 rings (SSSR count). The van der Waals surface area contributed by atoms with Gasteiger partial charge in [-0.05, 0) is 44.0 Å². The summed E-state index contributed by atoms with van der Waals surface area (Å²) in [5.41, 5.74) is 1.85. The summed E-state index contributed by atoms with van der Waals surface area (Å²) in [6.07, 6.45) is 5.10. The molecule has 0 atom stereocenters. The molecule has 30 heavy (non-hydrogen) atoms. The average Bonchev–Trinajstić information content (AvgIpc) is 2.81. The van der Waals surface area contributed by atoms with E-state index < -0.39 is 0 Å². The van der Waals surface area contributed by atoms with E-state index in [-0.39, 0.29) is 11.8 Å². The molecule has 1 aromatic heterocycles. The number of carbonyl (C=O) groups excluding carboxylic acids is 1. The van der Waals surface area contributed by atoms with Gasteiger partial charge in [-0.3, -0.25) is 4.79 Å². The SMILES string of the molecule is CCOc1ccc(NC(=O)C2CCN(c3cncnc3N3CCOCC3)CC2)cc1. The summed E-state index contributed by atoms with van der Waals surface area (Å²) in [5, 5.41) is 3.04. The maximum absolute atomic E-state index is 12.7. The normalized spacial score (nSPS) is 17.6. The number of nitrogens with zero attached hydrogens (tertiary/aromatic N) is 4. The smallest absolute Gasteiger partial charge is 0.227 e. The third-order valence-corrected chi connectivity index (χ3v) is 5.62. The van der Waals surface area contributed by atoms with E-state index in [1.165, 1.54) is 0 Å². The van der Waals surface area contributed by atoms with Gasteiger partial charge in [0.1, 0.15) is 12.1 Å². The summed E-state index contributed by atoms with van der Waals surface area (Å²) in [5.74, 6) is 1.86. The van der Waals surface area contributed by atoms with Crippen molar-refractivity contribution in [3.05, 3.63) is 36.8 Å². The van der Waals surface area contributed by atoms with Gasteiger partial charge in [0.15, 0.2) is 5.82 Å². The number of anilines is 3. The quantitative estimate of drug-likeness (QED) is 0.782. The first-order valence-corrected chi connectivity index (χ1v) is 10.7. The molecule has 2 fully saturated rings. The van der Waals surface area contributed by atoms with Crippen LogP contribution in [0.5, 0.6) is 5.75 Å². The van der Waals surface area contributed by atoms with Crippen LogP contribution in [0.4, 0.5) is 17.2 Å². The highest BCUT2D eigenvalue weighted by atomic mass is 16.5. The molecule has 8 nitrogen and oxygen atoms in total. The molecular weight excluding hydrogens is 382 g/mol. The van der Waals surface area contributed by atoms with Crippen LogP contribution in [-0.4, -0.2) is 61.9 Å². The number of carbonyl (C=O) groups is 1. The molecule has 0 radical (unpaired) electrons. The highest BCUT2D eigenvalue weighted by molar-refractivity contribution is 5.92. The fourth-order valence-corrected chi connectivity index (χ4v) is 3.99. The summed E-state index contributed by atoms with van der Waals surface area (Å²) < 4.78 is 10.9. The fraction of sp³-hybridized carbons (Fsp3) is 0.500. The van der Waals surface area contributed by atoms with E-state index in [1.54, 1.807) is 6.33 Å². The first kappa shape index (κ1) is 20.4. The van der Waals surface area contributed by atoms with Crippen LogP contribution in [0.1, 0.15) is 19.8 Å². The highest BCUT2D eigenvalue weighted by Crippen LogP contribution is 2.31. The number of morpholine rings is 1. The number of ether oxygens (including phenoxy) is 2. The molecule has 1 N–H and O–H groups in total. The van der Waals surface area contributed by atoms with Gasteiger partial charge in [-0.1, -0.05) is 0 Å². The van der Waals surface area contributed by atoms with Crippen LogP contribution in [0.25, 0.3) is 0 Å². The van der Waals surface area contributed by atoms with Crippen molar-refractivity contribution in [2.24, 2.45) is 5.92 Å². The Kier molecular flexibility index (Phi) is 6.63. The first-order valence-electron chi connectivity index (χ1n) is 10.7. The van der Waals surface area contributed by atoms with Gasteiger partial charge < -0.3 is 24.6 Å². The van der Waals surface area contributed by atoms with Crippen molar-refractivity contribution >= 4 is 23.1 Å². The minimum atomic E-state index is 0.00397. The summed E-state index contributed by atoms with van der Waals surface area (Å²) in [4.78, 5) is 26.1. The van der Waals surface area contributed by atoms with Crippen molar-refractivity contribution < 1.29 is 14.3 Å². The van der Waals surface area contributed by atoms with E-state index in [2.05, 4.69) is 25.1 Å². The van der Waals surface area contributed by atoms with Crippen LogP contribution < -0.4 is 19.9 Å². The van der Waals surface area contributed by atoms with Crippen molar-refractivity contribution in [1.29, 1.82) is 0 Å². The van der Waals surface area contributed by atoms with Gasteiger partial charge in [0.05, 0.1) is 31.7 Å². The Morgan fingerprint density at radius 1 is 1.13 bits per heavy atom. The zero-order valence-corrected chi connectivity index (χ0v) is 17.4. The Morgan fingerprint density at radius 3 is 2.57 bits per heavy atom. The van der Waals surface area contributed by atoms with E-state index >= 15 is 0 Å². The highest BCUT2D eigenvalue weighted by Gasteiger charge is 2.28.